The summed E-state index contributed by atoms with van der Waals surface area (Å²) in [6.07, 6.45) is 0. The number of aromatic nitrogens is 1. The van der Waals surface area contributed by atoms with E-state index in [0.29, 0.717) is 16.9 Å². The Bertz CT molecular complexity index is 1580. The van der Waals surface area contributed by atoms with Crippen LogP contribution in [0.5, 0.6) is 0 Å². The van der Waals surface area contributed by atoms with E-state index in [9.17, 15) is 13.2 Å². The highest BCUT2D eigenvalue weighted by Gasteiger charge is 2.17. The molecule has 164 valence electrons. The lowest BCUT2D eigenvalue weighted by atomic mass is 10.1. The monoisotopic (exact) mass is 474 g/mol. The molecule has 0 atom stereocenters. The van der Waals surface area contributed by atoms with Crippen LogP contribution >= 0.6 is 11.3 Å². The summed E-state index contributed by atoms with van der Waals surface area (Å²) in [6, 6.07) is 26.5. The Labute approximate surface area is 194 Å². The fraction of sp³-hybridized carbons (Fsp3) is 0. The predicted octanol–water partition coefficient (Wildman–Crippen LogP) is 5.89. The zero-order chi connectivity index (χ0) is 22.8. The van der Waals surface area contributed by atoms with Gasteiger partial charge in [0.15, 0.2) is 5.13 Å². The van der Waals surface area contributed by atoms with Gasteiger partial charge >= 0.3 is 6.03 Å². The Morgan fingerprint density at radius 2 is 1.48 bits per heavy atom. The second-order valence-corrected chi connectivity index (χ2v) is 9.97. The highest BCUT2D eigenvalue weighted by atomic mass is 32.2. The van der Waals surface area contributed by atoms with Crippen LogP contribution in [-0.4, -0.2) is 19.4 Å². The molecule has 0 bridgehead atoms. The number of hydrogen-bond acceptors (Lipinski definition) is 5. The first-order valence-corrected chi connectivity index (χ1v) is 12.3. The molecule has 4 aromatic carbocycles. The van der Waals surface area contributed by atoms with E-state index in [1.807, 2.05) is 42.5 Å². The van der Waals surface area contributed by atoms with E-state index >= 15 is 0 Å². The highest BCUT2D eigenvalue weighted by molar-refractivity contribution is 7.93. The SMILES string of the molecule is O=C(Nc1ccccc1)Nc1ccc2nc(NS(=O)(=O)c3ccc4ccccc4c3)sc2c1. The lowest BCUT2D eigenvalue weighted by Crippen LogP contribution is -2.19. The average Bonchev–Trinajstić information content (AvgIpc) is 3.20. The molecule has 33 heavy (non-hydrogen) atoms. The number of nitrogens with zero attached hydrogens (tertiary/aromatic N) is 1. The standard InChI is InChI=1S/C24H18N4O3S2/c29-23(25-18-8-2-1-3-9-18)26-19-11-13-21-22(15-19)32-24(27-21)28-33(30,31)20-12-10-16-6-4-5-7-17(16)14-20/h1-15H,(H,27,28)(H2,25,26,29). The van der Waals surface area contributed by atoms with Gasteiger partial charge in [-0.05, 0) is 53.2 Å². The van der Waals surface area contributed by atoms with Crippen molar-refractivity contribution in [2.45, 2.75) is 4.90 Å². The summed E-state index contributed by atoms with van der Waals surface area (Å²) in [5, 5.41) is 7.59. The van der Waals surface area contributed by atoms with Gasteiger partial charge in [-0.3, -0.25) is 4.72 Å². The van der Waals surface area contributed by atoms with Crippen molar-refractivity contribution in [1.82, 2.24) is 4.98 Å². The Balaban J connectivity index is 1.34. The van der Waals surface area contributed by atoms with Crippen LogP contribution in [0, 0.1) is 0 Å². The van der Waals surface area contributed by atoms with Gasteiger partial charge in [-0.25, -0.2) is 18.2 Å². The van der Waals surface area contributed by atoms with Crippen LogP contribution in [0.4, 0.5) is 21.3 Å². The summed E-state index contributed by atoms with van der Waals surface area (Å²) in [4.78, 5) is 16.8. The molecule has 0 radical (unpaired) electrons. The molecule has 0 aliphatic heterocycles. The molecule has 0 unspecified atom stereocenters. The molecule has 0 saturated carbocycles. The fourth-order valence-corrected chi connectivity index (χ4v) is 5.54. The molecule has 0 fully saturated rings. The number of urea groups is 1. The van der Waals surface area contributed by atoms with E-state index in [1.165, 1.54) is 11.3 Å². The van der Waals surface area contributed by atoms with Gasteiger partial charge in [0.2, 0.25) is 0 Å². The van der Waals surface area contributed by atoms with Crippen LogP contribution in [0.2, 0.25) is 0 Å². The van der Waals surface area contributed by atoms with Crippen molar-refractivity contribution in [3.63, 3.8) is 0 Å². The normalized spacial score (nSPS) is 11.4. The van der Waals surface area contributed by atoms with Gasteiger partial charge in [0.05, 0.1) is 15.1 Å². The molecular weight excluding hydrogens is 456 g/mol. The minimum Gasteiger partial charge on any atom is -0.308 e. The molecule has 2 amide bonds. The van der Waals surface area contributed by atoms with Crippen molar-refractivity contribution >= 4 is 64.9 Å². The minimum atomic E-state index is -3.80. The summed E-state index contributed by atoms with van der Waals surface area (Å²) in [5.41, 5.74) is 1.88. The number of hydrogen-bond donors (Lipinski definition) is 3. The maximum atomic E-state index is 12.9. The first-order chi connectivity index (χ1) is 16.0. The van der Waals surface area contributed by atoms with Crippen molar-refractivity contribution < 1.29 is 13.2 Å². The summed E-state index contributed by atoms with van der Waals surface area (Å²) >= 11 is 1.19. The molecule has 5 aromatic rings. The van der Waals surface area contributed by atoms with Crippen molar-refractivity contribution in [1.29, 1.82) is 0 Å². The number of para-hydroxylation sites is 1. The average molecular weight is 475 g/mol. The second kappa shape index (κ2) is 8.53. The first kappa shape index (κ1) is 20.9. The lowest BCUT2D eigenvalue weighted by Gasteiger charge is -2.07. The highest BCUT2D eigenvalue weighted by Crippen LogP contribution is 2.30. The van der Waals surface area contributed by atoms with Crippen molar-refractivity contribution in [3.05, 3.63) is 91.0 Å². The van der Waals surface area contributed by atoms with E-state index in [4.69, 9.17) is 0 Å². The Morgan fingerprint density at radius 3 is 2.30 bits per heavy atom. The van der Waals surface area contributed by atoms with Gasteiger partial charge in [-0.1, -0.05) is 59.9 Å². The largest absolute Gasteiger partial charge is 0.323 e. The molecule has 1 aromatic heterocycles. The zero-order valence-corrected chi connectivity index (χ0v) is 18.8. The van der Waals surface area contributed by atoms with Crippen LogP contribution in [0.15, 0.2) is 95.9 Å². The van der Waals surface area contributed by atoms with Crippen LogP contribution in [-0.2, 0) is 10.0 Å². The number of carbonyl (C=O) groups is 1. The molecule has 3 N–H and O–H groups in total. The molecule has 0 aliphatic rings. The minimum absolute atomic E-state index is 0.167. The summed E-state index contributed by atoms with van der Waals surface area (Å²) in [5.74, 6) is 0. The third-order valence-electron chi connectivity index (χ3n) is 4.93. The first-order valence-electron chi connectivity index (χ1n) is 10.0. The number of amides is 2. The molecule has 5 rings (SSSR count). The van der Waals surface area contributed by atoms with Gasteiger partial charge in [-0.2, -0.15) is 0 Å². The van der Waals surface area contributed by atoms with E-state index in [0.717, 1.165) is 15.5 Å². The van der Waals surface area contributed by atoms with Crippen molar-refractivity contribution in [2.75, 3.05) is 15.4 Å². The lowest BCUT2D eigenvalue weighted by molar-refractivity contribution is 0.262. The predicted molar refractivity (Wildman–Crippen MR) is 133 cm³/mol. The van der Waals surface area contributed by atoms with Gasteiger partial charge < -0.3 is 10.6 Å². The summed E-state index contributed by atoms with van der Waals surface area (Å²) in [7, 11) is -3.80. The summed E-state index contributed by atoms with van der Waals surface area (Å²) < 4.78 is 29.1. The molecule has 0 saturated heterocycles. The zero-order valence-electron chi connectivity index (χ0n) is 17.1. The molecule has 0 aliphatic carbocycles. The Morgan fingerprint density at radius 1 is 0.758 bits per heavy atom. The molecule has 9 heteroatoms. The van der Waals surface area contributed by atoms with Gasteiger partial charge in [-0.15, -0.1) is 0 Å². The van der Waals surface area contributed by atoms with Gasteiger partial charge in [0.1, 0.15) is 0 Å². The number of fused-ring (bicyclic) bond motifs is 2. The third-order valence-corrected chi connectivity index (χ3v) is 7.33. The Kier molecular flexibility index (Phi) is 5.41. The number of nitrogens with one attached hydrogen (secondary N) is 3. The van der Waals surface area contributed by atoms with Crippen LogP contribution < -0.4 is 15.4 Å². The van der Waals surface area contributed by atoms with Crippen LogP contribution in [0.3, 0.4) is 0 Å². The topological polar surface area (TPSA) is 100 Å². The quantitative estimate of drug-likeness (QED) is 0.295. The maximum absolute atomic E-state index is 12.9. The second-order valence-electron chi connectivity index (χ2n) is 7.26. The van der Waals surface area contributed by atoms with Crippen LogP contribution in [0.25, 0.3) is 21.0 Å². The molecule has 7 nitrogen and oxygen atoms in total. The third kappa shape index (κ3) is 4.64. The Hall–Kier alpha value is -3.95. The smallest absolute Gasteiger partial charge is 0.308 e. The number of thiazole rings is 1. The van der Waals surface area contributed by atoms with Gasteiger partial charge in [0.25, 0.3) is 10.0 Å². The van der Waals surface area contributed by atoms with Crippen molar-refractivity contribution in [2.24, 2.45) is 0 Å². The maximum Gasteiger partial charge on any atom is 0.323 e. The number of benzene rings is 4. The van der Waals surface area contributed by atoms with E-state index < -0.39 is 10.0 Å². The molecular formula is C24H18N4O3S2. The van der Waals surface area contributed by atoms with Gasteiger partial charge in [0, 0.05) is 11.4 Å². The number of sulfonamides is 1. The van der Waals surface area contributed by atoms with E-state index in [2.05, 4.69) is 20.3 Å². The number of rotatable bonds is 5. The number of anilines is 3. The van der Waals surface area contributed by atoms with Crippen molar-refractivity contribution in [3.8, 4) is 0 Å². The fourth-order valence-electron chi connectivity index (χ4n) is 3.37. The summed E-state index contributed by atoms with van der Waals surface area (Å²) in [6.45, 7) is 0. The number of carbonyl (C=O) groups excluding carboxylic acids is 1. The van der Waals surface area contributed by atoms with E-state index in [1.54, 1.807) is 48.5 Å². The molecule has 0 spiro atoms. The van der Waals surface area contributed by atoms with Crippen LogP contribution in [0.1, 0.15) is 0 Å². The van der Waals surface area contributed by atoms with E-state index in [-0.39, 0.29) is 16.1 Å². The molecule has 1 heterocycles.